The maximum absolute atomic E-state index is 11.9. The molecule has 0 bridgehead atoms. The van der Waals surface area contributed by atoms with E-state index in [1.807, 2.05) is 0 Å². The highest BCUT2D eigenvalue weighted by molar-refractivity contribution is 6.34. The third-order valence-corrected chi connectivity index (χ3v) is 2.41. The second kappa shape index (κ2) is 5.42. The molecule has 0 radical (unpaired) electrons. The number of aromatic nitrogens is 3. The van der Waals surface area contributed by atoms with E-state index in [1.54, 1.807) is 25.2 Å². The van der Waals surface area contributed by atoms with E-state index in [-0.39, 0.29) is 16.7 Å². The van der Waals surface area contributed by atoms with Crippen LogP contribution >= 0.6 is 11.6 Å². The Kier molecular flexibility index (Phi) is 3.69. The number of anilines is 2. The van der Waals surface area contributed by atoms with Gasteiger partial charge in [-0.3, -0.25) is 10.1 Å². The molecule has 92 valence electrons. The molecular formula is C11H10ClN5O. The minimum atomic E-state index is -0.455. The van der Waals surface area contributed by atoms with E-state index >= 15 is 0 Å². The van der Waals surface area contributed by atoms with Crippen LogP contribution in [0.15, 0.2) is 30.6 Å². The lowest BCUT2D eigenvalue weighted by Gasteiger charge is -2.06. The molecule has 7 heteroatoms. The summed E-state index contributed by atoms with van der Waals surface area (Å²) in [7, 11) is 1.71. The van der Waals surface area contributed by atoms with Gasteiger partial charge >= 0.3 is 0 Å². The van der Waals surface area contributed by atoms with Crippen LogP contribution in [0.3, 0.4) is 0 Å². The van der Waals surface area contributed by atoms with Crippen molar-refractivity contribution < 1.29 is 4.79 Å². The normalized spacial score (nSPS) is 9.89. The summed E-state index contributed by atoms with van der Waals surface area (Å²) in [5, 5.41) is 5.61. The molecule has 2 rings (SSSR count). The number of pyridine rings is 1. The molecular weight excluding hydrogens is 254 g/mol. The Hall–Kier alpha value is -2.21. The topological polar surface area (TPSA) is 79.8 Å². The fourth-order valence-corrected chi connectivity index (χ4v) is 1.46. The van der Waals surface area contributed by atoms with Crippen molar-refractivity contribution in [2.24, 2.45) is 0 Å². The number of amides is 1. The van der Waals surface area contributed by atoms with Crippen molar-refractivity contribution in [3.63, 3.8) is 0 Å². The summed E-state index contributed by atoms with van der Waals surface area (Å²) >= 11 is 5.92. The van der Waals surface area contributed by atoms with Crippen molar-refractivity contribution in [2.45, 2.75) is 0 Å². The molecule has 6 nitrogen and oxygen atoms in total. The minimum absolute atomic E-state index is 0.121. The summed E-state index contributed by atoms with van der Waals surface area (Å²) in [6.07, 6.45) is 3.06. The Morgan fingerprint density at radius 3 is 2.67 bits per heavy atom. The number of carbonyl (C=O) groups is 1. The first-order valence-electron chi connectivity index (χ1n) is 5.13. The van der Waals surface area contributed by atoms with Crippen LogP contribution in [0.5, 0.6) is 0 Å². The van der Waals surface area contributed by atoms with Crippen LogP contribution in [0.2, 0.25) is 5.02 Å². The number of rotatable bonds is 3. The summed E-state index contributed by atoms with van der Waals surface area (Å²) < 4.78 is 0. The van der Waals surface area contributed by atoms with Crippen molar-refractivity contribution >= 4 is 29.3 Å². The van der Waals surface area contributed by atoms with Gasteiger partial charge in [0, 0.05) is 19.4 Å². The van der Waals surface area contributed by atoms with Crippen LogP contribution in [-0.2, 0) is 0 Å². The second-order valence-corrected chi connectivity index (χ2v) is 3.71. The molecule has 0 spiro atoms. The Morgan fingerprint density at radius 2 is 2.00 bits per heavy atom. The number of nitrogens with one attached hydrogen (secondary N) is 2. The third kappa shape index (κ3) is 2.72. The van der Waals surface area contributed by atoms with Crippen LogP contribution in [0.4, 0.5) is 11.8 Å². The lowest BCUT2D eigenvalue weighted by atomic mass is 10.3. The summed E-state index contributed by atoms with van der Waals surface area (Å²) in [6, 6.07) is 4.93. The number of halogens is 1. The predicted octanol–water partition coefficient (Wildman–Crippen LogP) is 1.82. The van der Waals surface area contributed by atoms with Crippen LogP contribution in [-0.4, -0.2) is 27.9 Å². The van der Waals surface area contributed by atoms with Gasteiger partial charge in [0.05, 0.1) is 5.02 Å². The molecule has 0 saturated carbocycles. The summed E-state index contributed by atoms with van der Waals surface area (Å²) in [4.78, 5) is 23.8. The standard InChI is InChI=1S/C11H10ClN5O/c1-13-8-4-3-7(12)9(16-8)10(18)17-11-14-5-2-6-15-11/h2-6H,1H3,(H,13,16)(H,14,15,17,18). The first-order valence-corrected chi connectivity index (χ1v) is 5.51. The van der Waals surface area contributed by atoms with E-state index in [1.165, 1.54) is 12.4 Å². The van der Waals surface area contributed by atoms with Crippen molar-refractivity contribution in [2.75, 3.05) is 17.7 Å². The van der Waals surface area contributed by atoms with Gasteiger partial charge in [-0.15, -0.1) is 0 Å². The highest BCUT2D eigenvalue weighted by Gasteiger charge is 2.14. The van der Waals surface area contributed by atoms with E-state index in [2.05, 4.69) is 25.6 Å². The average Bonchev–Trinajstić information content (AvgIpc) is 2.40. The van der Waals surface area contributed by atoms with Crippen LogP contribution in [0.25, 0.3) is 0 Å². The number of hydrogen-bond donors (Lipinski definition) is 2. The molecule has 0 aromatic carbocycles. The smallest absolute Gasteiger partial charge is 0.278 e. The minimum Gasteiger partial charge on any atom is -0.373 e. The zero-order valence-corrected chi connectivity index (χ0v) is 10.3. The van der Waals surface area contributed by atoms with E-state index in [9.17, 15) is 4.79 Å². The maximum Gasteiger partial charge on any atom is 0.278 e. The van der Waals surface area contributed by atoms with Gasteiger partial charge in [-0.25, -0.2) is 15.0 Å². The van der Waals surface area contributed by atoms with Crippen molar-refractivity contribution in [1.29, 1.82) is 0 Å². The first kappa shape index (κ1) is 12.3. The Morgan fingerprint density at radius 1 is 1.28 bits per heavy atom. The van der Waals surface area contributed by atoms with Crippen molar-refractivity contribution in [3.05, 3.63) is 41.3 Å². The largest absolute Gasteiger partial charge is 0.373 e. The van der Waals surface area contributed by atoms with E-state index in [0.29, 0.717) is 5.82 Å². The molecule has 1 amide bonds. The van der Waals surface area contributed by atoms with Crippen molar-refractivity contribution in [1.82, 2.24) is 15.0 Å². The van der Waals surface area contributed by atoms with Gasteiger partial charge in [0.2, 0.25) is 5.95 Å². The van der Waals surface area contributed by atoms with Gasteiger partial charge in [-0.1, -0.05) is 11.6 Å². The van der Waals surface area contributed by atoms with Crippen LogP contribution in [0.1, 0.15) is 10.5 Å². The predicted molar refractivity (Wildman–Crippen MR) is 68.8 cm³/mol. The molecule has 2 aromatic rings. The summed E-state index contributed by atoms with van der Waals surface area (Å²) in [5.41, 5.74) is 0.121. The molecule has 18 heavy (non-hydrogen) atoms. The van der Waals surface area contributed by atoms with Gasteiger partial charge in [-0.05, 0) is 18.2 Å². The molecule has 0 saturated heterocycles. The van der Waals surface area contributed by atoms with Crippen LogP contribution in [0, 0.1) is 0 Å². The molecule has 2 aromatic heterocycles. The van der Waals surface area contributed by atoms with Crippen molar-refractivity contribution in [3.8, 4) is 0 Å². The maximum atomic E-state index is 11.9. The number of carbonyl (C=O) groups excluding carboxylic acids is 1. The van der Waals surface area contributed by atoms with Crippen LogP contribution < -0.4 is 10.6 Å². The van der Waals surface area contributed by atoms with Gasteiger partial charge in [0.25, 0.3) is 5.91 Å². The zero-order valence-electron chi connectivity index (χ0n) is 9.51. The van der Waals surface area contributed by atoms with Gasteiger partial charge in [0.15, 0.2) is 0 Å². The lowest BCUT2D eigenvalue weighted by Crippen LogP contribution is -2.16. The molecule has 0 fully saturated rings. The monoisotopic (exact) mass is 263 g/mol. The fourth-order valence-electron chi connectivity index (χ4n) is 1.27. The van der Waals surface area contributed by atoms with E-state index < -0.39 is 5.91 Å². The molecule has 2 heterocycles. The molecule has 0 atom stereocenters. The number of nitrogens with zero attached hydrogens (tertiary/aromatic N) is 3. The molecule has 2 N–H and O–H groups in total. The Balaban J connectivity index is 2.23. The lowest BCUT2D eigenvalue weighted by molar-refractivity contribution is 0.102. The highest BCUT2D eigenvalue weighted by Crippen LogP contribution is 2.17. The Bertz CT molecular complexity index is 561. The van der Waals surface area contributed by atoms with Gasteiger partial charge < -0.3 is 5.32 Å². The SMILES string of the molecule is CNc1ccc(Cl)c(C(=O)Nc2ncccn2)n1. The Labute approximate surface area is 108 Å². The average molecular weight is 264 g/mol. The van der Waals surface area contributed by atoms with E-state index in [4.69, 9.17) is 11.6 Å². The summed E-state index contributed by atoms with van der Waals surface area (Å²) in [6.45, 7) is 0. The quantitative estimate of drug-likeness (QED) is 0.883. The fraction of sp³-hybridized carbons (Fsp3) is 0.0909. The third-order valence-electron chi connectivity index (χ3n) is 2.11. The summed E-state index contributed by atoms with van der Waals surface area (Å²) in [5.74, 6) is 0.303. The molecule has 0 aliphatic rings. The second-order valence-electron chi connectivity index (χ2n) is 3.30. The molecule has 0 aliphatic heterocycles. The highest BCUT2D eigenvalue weighted by atomic mass is 35.5. The van der Waals surface area contributed by atoms with E-state index in [0.717, 1.165) is 0 Å². The number of hydrogen-bond acceptors (Lipinski definition) is 5. The zero-order chi connectivity index (χ0) is 13.0. The molecule has 0 unspecified atom stereocenters. The first-order chi connectivity index (χ1) is 8.70. The van der Waals surface area contributed by atoms with Gasteiger partial charge in [-0.2, -0.15) is 0 Å². The molecule has 0 aliphatic carbocycles. The van der Waals surface area contributed by atoms with Gasteiger partial charge in [0.1, 0.15) is 11.5 Å².